The number of carbonyl (C=O) groups is 1. The fourth-order valence-corrected chi connectivity index (χ4v) is 2.08. The van der Waals surface area contributed by atoms with Crippen molar-refractivity contribution in [1.29, 1.82) is 0 Å². The van der Waals surface area contributed by atoms with Crippen molar-refractivity contribution in [1.82, 2.24) is 4.98 Å². The summed E-state index contributed by atoms with van der Waals surface area (Å²) in [4.78, 5) is 15.9. The van der Waals surface area contributed by atoms with Gasteiger partial charge in [0.2, 0.25) is 5.76 Å². The van der Waals surface area contributed by atoms with Crippen molar-refractivity contribution in [2.75, 3.05) is 5.32 Å². The van der Waals surface area contributed by atoms with Gasteiger partial charge in [-0.2, -0.15) is 0 Å². The Kier molecular flexibility index (Phi) is 3.81. The number of carbonyl (C=O) groups excluding carboxylic acids is 1. The van der Waals surface area contributed by atoms with Crippen LogP contribution in [0.1, 0.15) is 28.7 Å². The van der Waals surface area contributed by atoms with E-state index < -0.39 is 0 Å². The lowest BCUT2D eigenvalue weighted by Crippen LogP contribution is -2.13. The molecule has 0 atom stereocenters. The van der Waals surface area contributed by atoms with Gasteiger partial charge in [0.05, 0.1) is 5.69 Å². The van der Waals surface area contributed by atoms with Crippen molar-refractivity contribution in [3.63, 3.8) is 0 Å². The van der Waals surface area contributed by atoms with Gasteiger partial charge in [0.1, 0.15) is 0 Å². The lowest BCUT2D eigenvalue weighted by molar-refractivity contribution is 0.0996. The van der Waals surface area contributed by atoms with Gasteiger partial charge in [-0.25, -0.2) is 4.98 Å². The maximum atomic E-state index is 12.0. The Morgan fingerprint density at radius 3 is 2.89 bits per heavy atom. The second kappa shape index (κ2) is 5.35. The highest BCUT2D eigenvalue weighted by atomic mass is 79.9. The molecule has 1 N–H and O–H groups in total. The molecule has 0 spiro atoms. The van der Waals surface area contributed by atoms with E-state index in [1.54, 1.807) is 6.92 Å². The molecule has 0 aliphatic rings. The van der Waals surface area contributed by atoms with E-state index in [2.05, 4.69) is 26.2 Å². The first-order chi connectivity index (χ1) is 8.61. The molecule has 2 rings (SSSR count). The van der Waals surface area contributed by atoms with E-state index in [0.717, 1.165) is 22.1 Å². The van der Waals surface area contributed by atoms with Crippen molar-refractivity contribution >= 4 is 27.5 Å². The van der Waals surface area contributed by atoms with Crippen LogP contribution in [0.2, 0.25) is 0 Å². The molecule has 1 heterocycles. The van der Waals surface area contributed by atoms with Gasteiger partial charge in [-0.3, -0.25) is 4.79 Å². The number of rotatable bonds is 3. The maximum Gasteiger partial charge on any atom is 0.293 e. The SMILES string of the molecule is CCc1cc(Br)ccc1NC(=O)c1ocnc1C. The van der Waals surface area contributed by atoms with E-state index in [-0.39, 0.29) is 11.7 Å². The third-order valence-corrected chi connectivity index (χ3v) is 3.14. The topological polar surface area (TPSA) is 55.1 Å². The molecular weight excluding hydrogens is 296 g/mol. The van der Waals surface area contributed by atoms with Crippen LogP contribution >= 0.6 is 15.9 Å². The van der Waals surface area contributed by atoms with Gasteiger partial charge in [0, 0.05) is 10.2 Å². The zero-order valence-corrected chi connectivity index (χ0v) is 11.7. The highest BCUT2D eigenvalue weighted by Crippen LogP contribution is 2.22. The summed E-state index contributed by atoms with van der Waals surface area (Å²) >= 11 is 3.41. The number of nitrogens with zero attached hydrogens (tertiary/aromatic N) is 1. The smallest absolute Gasteiger partial charge is 0.293 e. The molecule has 1 aromatic heterocycles. The van der Waals surface area contributed by atoms with E-state index in [1.165, 1.54) is 6.39 Å². The summed E-state index contributed by atoms with van der Waals surface area (Å²) in [5, 5.41) is 2.84. The molecule has 0 saturated carbocycles. The van der Waals surface area contributed by atoms with E-state index in [1.807, 2.05) is 25.1 Å². The predicted molar refractivity (Wildman–Crippen MR) is 72.7 cm³/mol. The van der Waals surface area contributed by atoms with Crippen molar-refractivity contribution in [3.05, 3.63) is 46.1 Å². The molecule has 0 unspecified atom stereocenters. The third-order valence-electron chi connectivity index (χ3n) is 2.65. The molecule has 0 bridgehead atoms. The summed E-state index contributed by atoms with van der Waals surface area (Å²) in [5.41, 5.74) is 2.44. The number of halogens is 1. The Hall–Kier alpha value is -1.62. The highest BCUT2D eigenvalue weighted by Gasteiger charge is 2.15. The average molecular weight is 309 g/mol. The Bertz CT molecular complexity index is 578. The molecule has 94 valence electrons. The molecule has 2 aromatic rings. The van der Waals surface area contributed by atoms with Gasteiger partial charge in [-0.15, -0.1) is 0 Å². The van der Waals surface area contributed by atoms with E-state index in [0.29, 0.717) is 5.69 Å². The normalized spacial score (nSPS) is 10.4. The minimum atomic E-state index is -0.276. The average Bonchev–Trinajstić information content (AvgIpc) is 2.77. The summed E-state index contributed by atoms with van der Waals surface area (Å²) in [5.74, 6) is -0.0259. The molecular formula is C13H13BrN2O2. The van der Waals surface area contributed by atoms with E-state index >= 15 is 0 Å². The number of nitrogens with one attached hydrogen (secondary N) is 1. The fourth-order valence-electron chi connectivity index (χ4n) is 1.68. The number of aryl methyl sites for hydroxylation is 2. The fraction of sp³-hybridized carbons (Fsp3) is 0.231. The number of hydrogen-bond acceptors (Lipinski definition) is 3. The predicted octanol–water partition coefficient (Wildman–Crippen LogP) is 3.56. The third kappa shape index (κ3) is 2.61. The number of oxazole rings is 1. The number of hydrogen-bond donors (Lipinski definition) is 1. The number of anilines is 1. The zero-order valence-electron chi connectivity index (χ0n) is 10.2. The Morgan fingerprint density at radius 2 is 2.28 bits per heavy atom. The van der Waals surface area contributed by atoms with E-state index in [9.17, 15) is 4.79 Å². The summed E-state index contributed by atoms with van der Waals surface area (Å²) < 4.78 is 6.06. The molecule has 0 aliphatic heterocycles. The van der Waals surface area contributed by atoms with Crippen LogP contribution < -0.4 is 5.32 Å². The van der Waals surface area contributed by atoms with Gasteiger partial charge in [0.15, 0.2) is 6.39 Å². The van der Waals surface area contributed by atoms with Crippen molar-refractivity contribution < 1.29 is 9.21 Å². The van der Waals surface area contributed by atoms with Crippen LogP contribution in [0.3, 0.4) is 0 Å². The highest BCUT2D eigenvalue weighted by molar-refractivity contribution is 9.10. The standard InChI is InChI=1S/C13H13BrN2O2/c1-3-9-6-10(14)4-5-11(9)16-13(17)12-8(2)15-7-18-12/h4-7H,3H2,1-2H3,(H,16,17). The van der Waals surface area contributed by atoms with Crippen LogP contribution in [-0.4, -0.2) is 10.9 Å². The van der Waals surface area contributed by atoms with Crippen LogP contribution in [0.4, 0.5) is 5.69 Å². The van der Waals surface area contributed by atoms with Crippen molar-refractivity contribution in [2.24, 2.45) is 0 Å². The van der Waals surface area contributed by atoms with Gasteiger partial charge >= 0.3 is 0 Å². The lowest BCUT2D eigenvalue weighted by atomic mass is 10.1. The zero-order chi connectivity index (χ0) is 13.1. The molecule has 5 heteroatoms. The van der Waals surface area contributed by atoms with Crippen LogP contribution in [0, 0.1) is 6.92 Å². The number of amides is 1. The quantitative estimate of drug-likeness (QED) is 0.943. The Balaban J connectivity index is 2.24. The van der Waals surface area contributed by atoms with Gasteiger partial charge < -0.3 is 9.73 Å². The van der Waals surface area contributed by atoms with Crippen LogP contribution in [-0.2, 0) is 6.42 Å². The van der Waals surface area contributed by atoms with E-state index in [4.69, 9.17) is 4.42 Å². The Morgan fingerprint density at radius 1 is 1.50 bits per heavy atom. The first-order valence-corrected chi connectivity index (χ1v) is 6.41. The monoisotopic (exact) mass is 308 g/mol. The molecule has 1 amide bonds. The first kappa shape index (κ1) is 12.8. The molecule has 0 saturated heterocycles. The number of aromatic nitrogens is 1. The molecule has 0 fully saturated rings. The summed E-state index contributed by atoms with van der Waals surface area (Å²) in [6, 6.07) is 5.75. The summed E-state index contributed by atoms with van der Waals surface area (Å²) in [6.45, 7) is 3.78. The molecule has 4 nitrogen and oxygen atoms in total. The second-order valence-corrected chi connectivity index (χ2v) is 4.79. The molecule has 18 heavy (non-hydrogen) atoms. The van der Waals surface area contributed by atoms with Crippen LogP contribution in [0.5, 0.6) is 0 Å². The van der Waals surface area contributed by atoms with Crippen molar-refractivity contribution in [2.45, 2.75) is 20.3 Å². The molecule has 0 radical (unpaired) electrons. The molecule has 1 aromatic carbocycles. The van der Waals surface area contributed by atoms with Gasteiger partial charge in [-0.1, -0.05) is 22.9 Å². The minimum Gasteiger partial charge on any atom is -0.438 e. The van der Waals surface area contributed by atoms with Gasteiger partial charge in [-0.05, 0) is 37.1 Å². The Labute approximate surface area is 114 Å². The summed E-state index contributed by atoms with van der Waals surface area (Å²) in [7, 11) is 0. The van der Waals surface area contributed by atoms with Crippen LogP contribution in [0.15, 0.2) is 33.5 Å². The van der Waals surface area contributed by atoms with Crippen molar-refractivity contribution in [3.8, 4) is 0 Å². The number of benzene rings is 1. The first-order valence-electron chi connectivity index (χ1n) is 5.61. The minimum absolute atomic E-state index is 0.250. The lowest BCUT2D eigenvalue weighted by Gasteiger charge is -2.09. The maximum absolute atomic E-state index is 12.0. The van der Waals surface area contributed by atoms with Gasteiger partial charge in [0.25, 0.3) is 5.91 Å². The largest absolute Gasteiger partial charge is 0.438 e. The summed E-state index contributed by atoms with van der Waals surface area (Å²) in [6.07, 6.45) is 2.11. The van der Waals surface area contributed by atoms with Crippen LogP contribution in [0.25, 0.3) is 0 Å². The molecule has 0 aliphatic carbocycles. The second-order valence-electron chi connectivity index (χ2n) is 3.88.